The van der Waals surface area contributed by atoms with E-state index in [1.54, 1.807) is 32.2 Å². The summed E-state index contributed by atoms with van der Waals surface area (Å²) in [5.74, 6) is 1.69. The van der Waals surface area contributed by atoms with Crippen LogP contribution in [0, 0.1) is 0 Å². The maximum Gasteiger partial charge on any atom is 0.261 e. The molecule has 0 heterocycles. The van der Waals surface area contributed by atoms with Gasteiger partial charge in [-0.2, -0.15) is 0 Å². The number of hydrogen-bond acceptors (Lipinski definition) is 6. The number of carbonyl (C=O) groups is 2. The highest BCUT2D eigenvalue weighted by Crippen LogP contribution is 2.27. The number of methoxy groups -OCH3 is 3. The molecule has 2 aromatic rings. The van der Waals surface area contributed by atoms with Crippen LogP contribution in [0.3, 0.4) is 0 Å². The lowest BCUT2D eigenvalue weighted by molar-refractivity contribution is -0.142. The van der Waals surface area contributed by atoms with E-state index in [-0.39, 0.29) is 25.0 Å². The van der Waals surface area contributed by atoms with Crippen molar-refractivity contribution in [2.75, 3.05) is 34.5 Å². The number of hydrogen-bond donors (Lipinski definition) is 1. The zero-order valence-corrected chi connectivity index (χ0v) is 18.6. The Hall–Kier alpha value is -3.42. The molecule has 0 spiro atoms. The van der Waals surface area contributed by atoms with Crippen molar-refractivity contribution in [2.45, 2.75) is 26.4 Å². The minimum Gasteiger partial charge on any atom is -0.497 e. The average Bonchev–Trinajstić information content (AvgIpc) is 2.80. The first-order chi connectivity index (χ1) is 14.9. The molecule has 0 saturated heterocycles. The molecule has 1 N–H and O–H groups in total. The summed E-state index contributed by atoms with van der Waals surface area (Å²) in [4.78, 5) is 26.9. The Morgan fingerprint density at radius 1 is 0.903 bits per heavy atom. The highest BCUT2D eigenvalue weighted by molar-refractivity contribution is 5.87. The second-order valence-corrected chi connectivity index (χ2v) is 6.78. The maximum absolute atomic E-state index is 13.0. The lowest BCUT2D eigenvalue weighted by Crippen LogP contribution is -2.49. The maximum atomic E-state index is 13.0. The Bertz CT molecular complexity index is 847. The van der Waals surface area contributed by atoms with Crippen molar-refractivity contribution in [3.63, 3.8) is 0 Å². The molecule has 1 atom stereocenters. The Morgan fingerprint density at radius 3 is 1.97 bits per heavy atom. The molecule has 0 aliphatic heterocycles. The summed E-state index contributed by atoms with van der Waals surface area (Å²) in [5, 5.41) is 2.76. The number of benzene rings is 2. The van der Waals surface area contributed by atoms with Crippen molar-refractivity contribution in [1.82, 2.24) is 10.2 Å². The van der Waals surface area contributed by atoms with E-state index in [2.05, 4.69) is 5.32 Å². The van der Waals surface area contributed by atoms with Crippen LogP contribution in [0.25, 0.3) is 0 Å². The van der Waals surface area contributed by atoms with E-state index >= 15 is 0 Å². The quantitative estimate of drug-likeness (QED) is 0.590. The topological polar surface area (TPSA) is 86.3 Å². The van der Waals surface area contributed by atoms with Gasteiger partial charge in [-0.1, -0.05) is 12.1 Å². The smallest absolute Gasteiger partial charge is 0.261 e. The average molecular weight is 431 g/mol. The third-order valence-electron chi connectivity index (χ3n) is 4.72. The molecule has 8 nitrogen and oxygen atoms in total. The first-order valence-corrected chi connectivity index (χ1v) is 9.97. The van der Waals surface area contributed by atoms with Gasteiger partial charge in [0.05, 0.1) is 21.3 Å². The zero-order chi connectivity index (χ0) is 22.8. The first kappa shape index (κ1) is 23.9. The summed E-state index contributed by atoms with van der Waals surface area (Å²) in [6.07, 6.45) is 0. The fourth-order valence-electron chi connectivity index (χ4n) is 2.92. The first-order valence-electron chi connectivity index (χ1n) is 9.97. The van der Waals surface area contributed by atoms with Crippen molar-refractivity contribution in [1.29, 1.82) is 0 Å². The molecule has 2 aromatic carbocycles. The largest absolute Gasteiger partial charge is 0.497 e. The van der Waals surface area contributed by atoms with Crippen LogP contribution in [0.2, 0.25) is 0 Å². The van der Waals surface area contributed by atoms with Crippen LogP contribution in [0.4, 0.5) is 0 Å². The second kappa shape index (κ2) is 11.7. The second-order valence-electron chi connectivity index (χ2n) is 6.78. The Kier molecular flexibility index (Phi) is 8.99. The van der Waals surface area contributed by atoms with E-state index in [4.69, 9.17) is 18.9 Å². The molecule has 1 unspecified atom stereocenters. The molecule has 0 radical (unpaired) electrons. The van der Waals surface area contributed by atoms with Crippen molar-refractivity contribution >= 4 is 11.8 Å². The van der Waals surface area contributed by atoms with E-state index in [0.29, 0.717) is 29.5 Å². The third-order valence-corrected chi connectivity index (χ3v) is 4.72. The molecule has 0 bridgehead atoms. The van der Waals surface area contributed by atoms with Gasteiger partial charge in [-0.05, 0) is 31.5 Å². The van der Waals surface area contributed by atoms with Gasteiger partial charge in [0.15, 0.2) is 6.61 Å². The molecule has 0 aliphatic rings. The number of rotatable bonds is 11. The molecule has 0 aliphatic carbocycles. The number of amides is 2. The highest BCUT2D eigenvalue weighted by Gasteiger charge is 2.26. The normalized spacial score (nSPS) is 11.3. The van der Waals surface area contributed by atoms with E-state index in [0.717, 1.165) is 5.56 Å². The summed E-state index contributed by atoms with van der Waals surface area (Å²) in [6.45, 7) is 4.02. The van der Waals surface area contributed by atoms with E-state index in [1.165, 1.54) is 19.1 Å². The van der Waals surface area contributed by atoms with Gasteiger partial charge in [0.2, 0.25) is 5.91 Å². The molecule has 0 aromatic heterocycles. The van der Waals surface area contributed by atoms with E-state index in [1.807, 2.05) is 31.2 Å². The fourth-order valence-corrected chi connectivity index (χ4v) is 2.92. The molecule has 2 amide bonds. The van der Waals surface area contributed by atoms with E-state index in [9.17, 15) is 9.59 Å². The minimum atomic E-state index is -0.669. The van der Waals surface area contributed by atoms with Gasteiger partial charge in [-0.3, -0.25) is 9.59 Å². The number of nitrogens with one attached hydrogen (secondary N) is 1. The van der Waals surface area contributed by atoms with Crippen LogP contribution in [-0.4, -0.2) is 57.2 Å². The Balaban J connectivity index is 2.17. The van der Waals surface area contributed by atoms with Crippen LogP contribution >= 0.6 is 0 Å². The molecule has 0 fully saturated rings. The summed E-state index contributed by atoms with van der Waals surface area (Å²) in [5.41, 5.74) is 0.869. The number of carbonyl (C=O) groups excluding carboxylic acids is 2. The van der Waals surface area contributed by atoms with Crippen molar-refractivity contribution in [3.05, 3.63) is 48.0 Å². The Labute approximate surface area is 183 Å². The van der Waals surface area contributed by atoms with Gasteiger partial charge in [-0.25, -0.2) is 0 Å². The van der Waals surface area contributed by atoms with Crippen LogP contribution < -0.4 is 24.3 Å². The fraction of sp³-hybridized carbons (Fsp3) is 0.391. The molecular weight excluding hydrogens is 400 g/mol. The molecule has 0 saturated carbocycles. The van der Waals surface area contributed by atoms with Crippen LogP contribution in [0.15, 0.2) is 42.5 Å². The summed E-state index contributed by atoms with van der Waals surface area (Å²) >= 11 is 0. The molecule has 2 rings (SSSR count). The van der Waals surface area contributed by atoms with Gasteiger partial charge in [0.25, 0.3) is 5.91 Å². The van der Waals surface area contributed by atoms with Gasteiger partial charge in [0.1, 0.15) is 29.0 Å². The molecular formula is C23H30N2O6. The Morgan fingerprint density at radius 2 is 1.45 bits per heavy atom. The van der Waals surface area contributed by atoms with Gasteiger partial charge in [0, 0.05) is 31.3 Å². The lowest BCUT2D eigenvalue weighted by Gasteiger charge is -2.28. The number of likely N-dealkylation sites (N-methyl/N-ethyl adjacent to an activating group) is 1. The van der Waals surface area contributed by atoms with Crippen LogP contribution in [0.1, 0.15) is 19.4 Å². The third kappa shape index (κ3) is 6.80. The summed E-state index contributed by atoms with van der Waals surface area (Å²) < 4.78 is 21.3. The molecule has 168 valence electrons. The monoisotopic (exact) mass is 430 g/mol. The van der Waals surface area contributed by atoms with Gasteiger partial charge >= 0.3 is 0 Å². The lowest BCUT2D eigenvalue weighted by atomic mass is 10.1. The van der Waals surface area contributed by atoms with Gasteiger partial charge < -0.3 is 29.2 Å². The van der Waals surface area contributed by atoms with Gasteiger partial charge in [-0.15, -0.1) is 0 Å². The molecule has 31 heavy (non-hydrogen) atoms. The van der Waals surface area contributed by atoms with Crippen molar-refractivity contribution in [3.8, 4) is 23.0 Å². The van der Waals surface area contributed by atoms with E-state index < -0.39 is 6.04 Å². The highest BCUT2D eigenvalue weighted by atomic mass is 16.5. The van der Waals surface area contributed by atoms with Crippen LogP contribution in [-0.2, 0) is 16.1 Å². The van der Waals surface area contributed by atoms with Crippen molar-refractivity contribution in [2.24, 2.45) is 0 Å². The number of ether oxygens (including phenoxy) is 4. The zero-order valence-electron chi connectivity index (χ0n) is 18.6. The summed E-state index contributed by atoms with van der Waals surface area (Å²) in [7, 11) is 4.66. The summed E-state index contributed by atoms with van der Waals surface area (Å²) in [6, 6.07) is 11.7. The molecule has 8 heteroatoms. The SMILES string of the molecule is CCNC(=O)C(C)N(Cc1ccc(OC)cc1)C(=O)COc1cc(OC)cc(OC)c1. The predicted octanol–water partition coefficient (Wildman–Crippen LogP) is 2.64. The number of nitrogens with zero attached hydrogens (tertiary/aromatic N) is 1. The standard InChI is InChI=1S/C23H30N2O6/c1-6-24-23(27)16(2)25(14-17-7-9-18(28-3)10-8-17)22(26)15-31-21-12-19(29-4)11-20(13-21)30-5/h7-13,16H,6,14-15H2,1-5H3,(H,24,27). The van der Waals surface area contributed by atoms with Crippen molar-refractivity contribution < 1.29 is 28.5 Å². The van der Waals surface area contributed by atoms with Crippen LogP contribution in [0.5, 0.6) is 23.0 Å². The predicted molar refractivity (Wildman–Crippen MR) is 117 cm³/mol. The minimum absolute atomic E-state index is 0.229.